The maximum Gasteiger partial charge on any atom is 0.410 e. The molecule has 3 aliphatic heterocycles. The van der Waals surface area contributed by atoms with Gasteiger partial charge in [-0.3, -0.25) is 9.69 Å². The normalized spacial score (nSPS) is 20.9. The predicted molar refractivity (Wildman–Crippen MR) is 219 cm³/mol. The number of alkyl carbamates (subject to hydrolysis) is 1. The van der Waals surface area contributed by atoms with E-state index in [1.807, 2.05) is 58.7 Å². The van der Waals surface area contributed by atoms with Crippen LogP contribution in [-0.4, -0.2) is 92.9 Å². The molecule has 5 atom stereocenters. The summed E-state index contributed by atoms with van der Waals surface area (Å²) in [7, 11) is 2.98. The Bertz CT molecular complexity index is 2380. The Balaban J connectivity index is 1.06. The van der Waals surface area contributed by atoms with Crippen molar-refractivity contribution < 1.29 is 33.3 Å². The highest BCUT2D eigenvalue weighted by Gasteiger charge is 2.42. The van der Waals surface area contributed by atoms with Gasteiger partial charge in [-0.15, -0.1) is 0 Å². The van der Waals surface area contributed by atoms with Gasteiger partial charge in [0.1, 0.15) is 35.6 Å². The van der Waals surface area contributed by atoms with Crippen LogP contribution < -0.4 is 10.1 Å². The van der Waals surface area contributed by atoms with E-state index in [-0.39, 0.29) is 42.0 Å². The van der Waals surface area contributed by atoms with Crippen LogP contribution in [0.4, 0.5) is 9.59 Å². The van der Waals surface area contributed by atoms with Crippen LogP contribution in [0.25, 0.3) is 44.2 Å². The fraction of sp³-hybridized carbons (Fsp3) is 0.477. The summed E-state index contributed by atoms with van der Waals surface area (Å²) in [6, 6.07) is 13.4. The van der Waals surface area contributed by atoms with Gasteiger partial charge in [0.15, 0.2) is 0 Å². The Kier molecular flexibility index (Phi) is 10.3. The van der Waals surface area contributed by atoms with Crippen molar-refractivity contribution >= 4 is 39.9 Å². The van der Waals surface area contributed by atoms with Crippen LogP contribution in [0.15, 0.2) is 48.7 Å². The Morgan fingerprint density at radius 3 is 2.55 bits per heavy atom. The molecule has 2 saturated heterocycles. The first-order chi connectivity index (χ1) is 27.7. The molecular weight excluding hydrogens is 739 g/mol. The molecule has 2 fully saturated rings. The van der Waals surface area contributed by atoms with Crippen LogP contribution in [-0.2, 0) is 25.6 Å². The maximum absolute atomic E-state index is 14.0. The van der Waals surface area contributed by atoms with Gasteiger partial charge >= 0.3 is 12.2 Å². The van der Waals surface area contributed by atoms with E-state index in [0.29, 0.717) is 19.8 Å². The van der Waals surface area contributed by atoms with E-state index in [1.54, 1.807) is 12.0 Å². The minimum atomic E-state index is -0.719. The van der Waals surface area contributed by atoms with Crippen LogP contribution in [0.2, 0.25) is 0 Å². The molecule has 14 nitrogen and oxygen atoms in total. The lowest BCUT2D eigenvalue weighted by molar-refractivity contribution is -0.137. The number of benzene rings is 3. The van der Waals surface area contributed by atoms with Crippen LogP contribution in [0.1, 0.15) is 90.1 Å². The Morgan fingerprint density at radius 1 is 1.00 bits per heavy atom. The lowest BCUT2D eigenvalue weighted by atomic mass is 9.92. The average Bonchev–Trinajstić information content (AvgIpc) is 4.00. The third-order valence-corrected chi connectivity index (χ3v) is 11.6. The largest absolute Gasteiger partial charge is 0.488 e. The first kappa shape index (κ1) is 39.2. The lowest BCUT2D eigenvalue weighted by Crippen LogP contribution is -2.52. The van der Waals surface area contributed by atoms with E-state index in [0.717, 1.165) is 86.4 Å². The van der Waals surface area contributed by atoms with E-state index in [4.69, 9.17) is 28.9 Å². The maximum atomic E-state index is 14.0. The number of rotatable bonds is 8. The molecule has 8 rings (SSSR count). The molecule has 2 aromatic heterocycles. The molecule has 1 unspecified atom stereocenters. The number of aromatic amines is 2. The molecule has 3 N–H and O–H groups in total. The number of carbonyl (C=O) groups is 3. The van der Waals surface area contributed by atoms with Gasteiger partial charge in [0.2, 0.25) is 5.91 Å². The molecule has 3 aliphatic rings. The summed E-state index contributed by atoms with van der Waals surface area (Å²) in [5.41, 5.74) is 6.08. The second-order valence-corrected chi connectivity index (χ2v) is 17.2. The molecule has 0 aliphatic carbocycles. The molecule has 0 bridgehead atoms. The number of hydrogen-bond donors (Lipinski definition) is 3. The third-order valence-electron chi connectivity index (χ3n) is 11.6. The average molecular weight is 792 g/mol. The lowest BCUT2D eigenvalue weighted by Gasteiger charge is -2.32. The number of carbonyl (C=O) groups excluding carboxylic acids is 3. The van der Waals surface area contributed by atoms with Gasteiger partial charge in [0.25, 0.3) is 0 Å². The highest BCUT2D eigenvalue weighted by atomic mass is 16.6. The molecule has 3 amide bonds. The van der Waals surface area contributed by atoms with Crippen molar-refractivity contribution in [1.29, 1.82) is 0 Å². The SMILES string of the molecule is COC[C@H]1CC(c2ncc(-c3ccc4c(c3)COc3cc5c(ccc6nc([C@@H]7CC[C@H](C)N7C(=O)[C@@H](NC(=O)OC)C(C)C)[nH]c65)cc3-4)[nH]2)N(C(=O)OC(C)(C)C)C1. The van der Waals surface area contributed by atoms with Crippen molar-refractivity contribution in [3.8, 4) is 28.1 Å². The van der Waals surface area contributed by atoms with Gasteiger partial charge in [-0.25, -0.2) is 19.6 Å². The van der Waals surface area contributed by atoms with Crippen LogP contribution in [0.3, 0.4) is 0 Å². The monoisotopic (exact) mass is 791 g/mol. The number of nitrogens with zero attached hydrogens (tertiary/aromatic N) is 4. The van der Waals surface area contributed by atoms with Gasteiger partial charge < -0.3 is 39.1 Å². The van der Waals surface area contributed by atoms with E-state index >= 15 is 0 Å². The Morgan fingerprint density at radius 2 is 1.81 bits per heavy atom. The molecule has 306 valence electrons. The molecule has 5 heterocycles. The minimum Gasteiger partial charge on any atom is -0.488 e. The minimum absolute atomic E-state index is 0.0184. The smallest absolute Gasteiger partial charge is 0.410 e. The summed E-state index contributed by atoms with van der Waals surface area (Å²) < 4.78 is 22.4. The standard InChI is InChI=1S/C44H53N7O7/c1-23(2)37(49-42(53)56-8)41(52)51-24(3)9-14-34(51)40-46-32-13-11-26-17-31-29-12-10-27(16-28(29)22-57-36(31)18-30(26)38(32)48-40)33-19-45-39(47-33)35-15-25(21-55-7)20-50(35)43(54)58-44(4,5)6/h10-13,16-19,23-25,34-35,37H,9,14-15,20-22H2,1-8H3,(H,45,47)(H,46,48)(H,49,53)/t24-,25-,34-,35?,37-/m0/s1. The predicted octanol–water partition coefficient (Wildman–Crippen LogP) is 8.04. The molecule has 0 saturated carbocycles. The van der Waals surface area contributed by atoms with Gasteiger partial charge in [-0.2, -0.15) is 0 Å². The number of amides is 3. The second-order valence-electron chi connectivity index (χ2n) is 17.2. The van der Waals surface area contributed by atoms with Crippen molar-refractivity contribution in [2.45, 2.75) is 97.2 Å². The van der Waals surface area contributed by atoms with Crippen molar-refractivity contribution in [3.05, 3.63) is 65.9 Å². The molecule has 0 radical (unpaired) electrons. The number of ether oxygens (including phenoxy) is 4. The Labute approximate surface area is 338 Å². The number of likely N-dealkylation sites (tertiary alicyclic amines) is 2. The molecule has 5 aromatic rings. The van der Waals surface area contributed by atoms with Crippen molar-refractivity contribution in [2.24, 2.45) is 11.8 Å². The number of nitrogens with one attached hydrogen (secondary N) is 3. The molecule has 3 aromatic carbocycles. The summed E-state index contributed by atoms with van der Waals surface area (Å²) in [6.45, 7) is 13.0. The van der Waals surface area contributed by atoms with Crippen LogP contribution in [0, 0.1) is 11.8 Å². The summed E-state index contributed by atoms with van der Waals surface area (Å²) in [5.74, 6) is 2.13. The van der Waals surface area contributed by atoms with Gasteiger partial charge in [0.05, 0.1) is 48.7 Å². The van der Waals surface area contributed by atoms with E-state index in [1.165, 1.54) is 7.11 Å². The summed E-state index contributed by atoms with van der Waals surface area (Å²) in [6.07, 6.45) is 3.15. The zero-order chi connectivity index (χ0) is 41.0. The van der Waals surface area contributed by atoms with Gasteiger partial charge in [-0.1, -0.05) is 32.0 Å². The summed E-state index contributed by atoms with van der Waals surface area (Å²) in [4.78, 5) is 59.8. The number of methoxy groups -OCH3 is 2. The second kappa shape index (κ2) is 15.3. The van der Waals surface area contributed by atoms with Crippen LogP contribution >= 0.6 is 0 Å². The Hall–Kier alpha value is -5.63. The number of fused-ring (bicyclic) bond motifs is 6. The van der Waals surface area contributed by atoms with Gasteiger partial charge in [0, 0.05) is 36.6 Å². The van der Waals surface area contributed by atoms with Crippen molar-refractivity contribution in [3.63, 3.8) is 0 Å². The number of aromatic nitrogens is 4. The van der Waals surface area contributed by atoms with Crippen LogP contribution in [0.5, 0.6) is 5.75 Å². The van der Waals surface area contributed by atoms with Gasteiger partial charge in [-0.05, 0) is 99.2 Å². The molecule has 58 heavy (non-hydrogen) atoms. The number of H-pyrrole nitrogens is 2. The van der Waals surface area contributed by atoms with Crippen molar-refractivity contribution in [1.82, 2.24) is 35.1 Å². The fourth-order valence-electron chi connectivity index (χ4n) is 8.84. The number of hydrogen-bond acceptors (Lipinski definition) is 9. The molecular formula is C44H53N7O7. The summed E-state index contributed by atoms with van der Waals surface area (Å²) in [5, 5.41) is 4.76. The fourth-order valence-corrected chi connectivity index (χ4v) is 8.84. The molecule has 14 heteroatoms. The topological polar surface area (TPSA) is 164 Å². The highest BCUT2D eigenvalue weighted by molar-refractivity contribution is 6.07. The highest BCUT2D eigenvalue weighted by Crippen LogP contribution is 2.44. The van der Waals surface area contributed by atoms with E-state index < -0.39 is 17.7 Å². The third kappa shape index (κ3) is 7.34. The zero-order valence-electron chi connectivity index (χ0n) is 34.5. The first-order valence-corrected chi connectivity index (χ1v) is 20.2. The number of imidazole rings is 2. The van der Waals surface area contributed by atoms with Crippen molar-refractivity contribution in [2.75, 3.05) is 27.4 Å². The zero-order valence-corrected chi connectivity index (χ0v) is 34.5. The summed E-state index contributed by atoms with van der Waals surface area (Å²) >= 11 is 0. The first-order valence-electron chi connectivity index (χ1n) is 20.2. The van der Waals surface area contributed by atoms with E-state index in [2.05, 4.69) is 51.7 Å². The van der Waals surface area contributed by atoms with E-state index in [9.17, 15) is 14.4 Å². The molecule has 0 spiro atoms. The quantitative estimate of drug-likeness (QED) is 0.141.